The minimum absolute atomic E-state index is 0.0672. The van der Waals surface area contributed by atoms with E-state index in [1.54, 1.807) is 6.92 Å². The lowest BCUT2D eigenvalue weighted by atomic mass is 9.87. The van der Waals surface area contributed by atoms with Crippen LogP contribution in [0.4, 0.5) is 10.5 Å². The summed E-state index contributed by atoms with van der Waals surface area (Å²) in [5.41, 5.74) is 1.93. The number of rotatable bonds is 4. The molecule has 0 aliphatic carbocycles. The first kappa shape index (κ1) is 16.0. The Morgan fingerprint density at radius 2 is 1.75 bits per heavy atom. The number of urea groups is 1. The number of carboxylic acid groups (broad SMARTS) is 1. The summed E-state index contributed by atoms with van der Waals surface area (Å²) in [5, 5.41) is 13.9. The highest BCUT2D eigenvalue weighted by atomic mass is 16.4. The third-order valence-electron chi connectivity index (χ3n) is 3.00. The molecular formula is C15H22N2O3. The van der Waals surface area contributed by atoms with Crippen LogP contribution in [0.3, 0.4) is 0 Å². The van der Waals surface area contributed by atoms with Gasteiger partial charge in [-0.25, -0.2) is 4.79 Å². The molecule has 2 amide bonds. The second kappa shape index (κ2) is 6.41. The molecule has 110 valence electrons. The Morgan fingerprint density at radius 3 is 2.20 bits per heavy atom. The molecule has 1 aromatic carbocycles. The van der Waals surface area contributed by atoms with E-state index in [1.807, 2.05) is 24.3 Å². The van der Waals surface area contributed by atoms with Gasteiger partial charge in [0.25, 0.3) is 0 Å². The third-order valence-corrected chi connectivity index (χ3v) is 3.00. The van der Waals surface area contributed by atoms with Crippen LogP contribution in [-0.2, 0) is 10.2 Å². The Labute approximate surface area is 119 Å². The fraction of sp³-hybridized carbons (Fsp3) is 0.467. The molecule has 20 heavy (non-hydrogen) atoms. The largest absolute Gasteiger partial charge is 0.481 e. The van der Waals surface area contributed by atoms with E-state index in [4.69, 9.17) is 5.11 Å². The molecule has 1 rings (SSSR count). The van der Waals surface area contributed by atoms with Gasteiger partial charge in [0.05, 0.1) is 5.92 Å². The van der Waals surface area contributed by atoms with E-state index in [0.717, 1.165) is 0 Å². The summed E-state index contributed by atoms with van der Waals surface area (Å²) in [6.45, 7) is 8.00. The molecule has 5 heteroatoms. The highest BCUT2D eigenvalue weighted by Crippen LogP contribution is 2.23. The smallest absolute Gasteiger partial charge is 0.319 e. The van der Waals surface area contributed by atoms with Crippen molar-refractivity contribution in [2.75, 3.05) is 11.9 Å². The Kier molecular flexibility index (Phi) is 5.13. The van der Waals surface area contributed by atoms with E-state index in [2.05, 4.69) is 31.4 Å². The minimum atomic E-state index is -0.931. The molecule has 5 nitrogen and oxygen atoms in total. The van der Waals surface area contributed by atoms with Gasteiger partial charge in [0.2, 0.25) is 0 Å². The summed E-state index contributed by atoms with van der Waals surface area (Å²) in [6.07, 6.45) is 0. The average molecular weight is 278 g/mol. The number of carbonyl (C=O) groups is 2. The van der Waals surface area contributed by atoms with Crippen LogP contribution in [0, 0.1) is 5.92 Å². The van der Waals surface area contributed by atoms with Gasteiger partial charge in [0.15, 0.2) is 0 Å². The molecule has 0 radical (unpaired) electrons. The van der Waals surface area contributed by atoms with Crippen molar-refractivity contribution in [3.63, 3.8) is 0 Å². The van der Waals surface area contributed by atoms with Crippen LogP contribution in [0.1, 0.15) is 33.3 Å². The first-order chi connectivity index (χ1) is 9.20. The maximum atomic E-state index is 11.6. The Balaban J connectivity index is 2.53. The minimum Gasteiger partial charge on any atom is -0.481 e. The lowest BCUT2D eigenvalue weighted by molar-refractivity contribution is -0.140. The van der Waals surface area contributed by atoms with Crippen molar-refractivity contribution >= 4 is 17.7 Å². The van der Waals surface area contributed by atoms with Crippen molar-refractivity contribution < 1.29 is 14.7 Å². The maximum Gasteiger partial charge on any atom is 0.319 e. The van der Waals surface area contributed by atoms with E-state index >= 15 is 0 Å². The van der Waals surface area contributed by atoms with Crippen molar-refractivity contribution in [3.8, 4) is 0 Å². The first-order valence-corrected chi connectivity index (χ1v) is 6.58. The zero-order valence-corrected chi connectivity index (χ0v) is 12.4. The van der Waals surface area contributed by atoms with E-state index < -0.39 is 17.9 Å². The second-order valence-corrected chi connectivity index (χ2v) is 5.90. The van der Waals surface area contributed by atoms with Crippen LogP contribution in [-0.4, -0.2) is 23.7 Å². The summed E-state index contributed by atoms with van der Waals surface area (Å²) in [6, 6.07) is 7.20. The highest BCUT2D eigenvalue weighted by Gasteiger charge is 2.14. The quantitative estimate of drug-likeness (QED) is 0.792. The number of carbonyl (C=O) groups excluding carboxylic acids is 1. The highest BCUT2D eigenvalue weighted by molar-refractivity contribution is 5.89. The molecule has 0 heterocycles. The molecule has 0 saturated carbocycles. The number of nitrogens with one attached hydrogen (secondary N) is 2. The van der Waals surface area contributed by atoms with Gasteiger partial charge in [-0.3, -0.25) is 4.79 Å². The molecule has 0 saturated heterocycles. The number of hydrogen-bond acceptors (Lipinski definition) is 2. The first-order valence-electron chi connectivity index (χ1n) is 6.58. The molecule has 0 aliphatic heterocycles. The zero-order chi connectivity index (χ0) is 15.3. The summed E-state index contributed by atoms with van der Waals surface area (Å²) >= 11 is 0. The Hall–Kier alpha value is -2.04. The maximum absolute atomic E-state index is 11.6. The van der Waals surface area contributed by atoms with Crippen LogP contribution < -0.4 is 10.6 Å². The summed E-state index contributed by atoms with van der Waals surface area (Å²) in [7, 11) is 0. The molecule has 0 aliphatic rings. The number of benzene rings is 1. The average Bonchev–Trinajstić information content (AvgIpc) is 2.35. The monoisotopic (exact) mass is 278 g/mol. The number of amides is 2. The molecule has 0 fully saturated rings. The molecule has 0 aromatic heterocycles. The summed E-state index contributed by atoms with van der Waals surface area (Å²) in [5.74, 6) is -1.54. The predicted molar refractivity (Wildman–Crippen MR) is 79.0 cm³/mol. The van der Waals surface area contributed by atoms with Gasteiger partial charge in [-0.05, 0) is 23.1 Å². The van der Waals surface area contributed by atoms with E-state index in [0.29, 0.717) is 5.69 Å². The van der Waals surface area contributed by atoms with Crippen LogP contribution in [0.25, 0.3) is 0 Å². The molecule has 1 unspecified atom stereocenters. The van der Waals surface area contributed by atoms with Gasteiger partial charge in [-0.1, -0.05) is 39.8 Å². The van der Waals surface area contributed by atoms with Gasteiger partial charge in [-0.15, -0.1) is 0 Å². The van der Waals surface area contributed by atoms with E-state index in [-0.39, 0.29) is 12.0 Å². The molecule has 0 bridgehead atoms. The Bertz CT molecular complexity index is 475. The molecular weight excluding hydrogens is 256 g/mol. The fourth-order valence-electron chi connectivity index (χ4n) is 1.56. The van der Waals surface area contributed by atoms with Crippen molar-refractivity contribution in [1.29, 1.82) is 0 Å². The predicted octanol–water partition coefficient (Wildman–Crippen LogP) is 2.83. The van der Waals surface area contributed by atoms with Crippen molar-refractivity contribution in [2.45, 2.75) is 33.1 Å². The van der Waals surface area contributed by atoms with E-state index in [9.17, 15) is 9.59 Å². The summed E-state index contributed by atoms with van der Waals surface area (Å²) < 4.78 is 0. The number of anilines is 1. The molecule has 0 spiro atoms. The lowest BCUT2D eigenvalue weighted by Gasteiger charge is -2.19. The standard InChI is InChI=1S/C15H22N2O3/c1-10(13(18)19)9-16-14(20)17-12-7-5-11(6-8-12)15(2,3)4/h5-8,10H,9H2,1-4H3,(H,18,19)(H2,16,17,20). The number of carboxylic acids is 1. The van der Waals surface area contributed by atoms with Gasteiger partial charge in [0.1, 0.15) is 0 Å². The third kappa shape index (κ3) is 4.91. The topological polar surface area (TPSA) is 78.4 Å². The van der Waals surface area contributed by atoms with Crippen LogP contribution in [0.15, 0.2) is 24.3 Å². The van der Waals surface area contributed by atoms with E-state index in [1.165, 1.54) is 5.56 Å². The van der Waals surface area contributed by atoms with Crippen LogP contribution in [0.5, 0.6) is 0 Å². The molecule has 3 N–H and O–H groups in total. The van der Waals surface area contributed by atoms with Crippen molar-refractivity contribution in [2.24, 2.45) is 5.92 Å². The van der Waals surface area contributed by atoms with Crippen molar-refractivity contribution in [3.05, 3.63) is 29.8 Å². The second-order valence-electron chi connectivity index (χ2n) is 5.90. The molecule has 1 aromatic rings. The SMILES string of the molecule is CC(CNC(=O)Nc1ccc(C(C)(C)C)cc1)C(=O)O. The van der Waals surface area contributed by atoms with Gasteiger partial charge >= 0.3 is 12.0 Å². The van der Waals surface area contributed by atoms with Gasteiger partial charge in [0, 0.05) is 12.2 Å². The fourth-order valence-corrected chi connectivity index (χ4v) is 1.56. The lowest BCUT2D eigenvalue weighted by Crippen LogP contribution is -2.34. The number of aliphatic carboxylic acids is 1. The normalized spacial score (nSPS) is 12.6. The van der Waals surface area contributed by atoms with Gasteiger partial charge in [-0.2, -0.15) is 0 Å². The number of hydrogen-bond donors (Lipinski definition) is 3. The summed E-state index contributed by atoms with van der Waals surface area (Å²) in [4.78, 5) is 22.2. The van der Waals surface area contributed by atoms with Gasteiger partial charge < -0.3 is 15.7 Å². The van der Waals surface area contributed by atoms with Crippen LogP contribution in [0.2, 0.25) is 0 Å². The Morgan fingerprint density at radius 1 is 1.20 bits per heavy atom. The molecule has 1 atom stereocenters. The van der Waals surface area contributed by atoms with Crippen LogP contribution >= 0.6 is 0 Å². The van der Waals surface area contributed by atoms with Crippen molar-refractivity contribution in [1.82, 2.24) is 5.32 Å². The zero-order valence-electron chi connectivity index (χ0n) is 12.4.